The zero-order valence-corrected chi connectivity index (χ0v) is 28.4. The average molecular weight is 555 g/mol. The summed E-state index contributed by atoms with van der Waals surface area (Å²) >= 11 is 0. The first-order chi connectivity index (χ1) is 17.0. The summed E-state index contributed by atoms with van der Waals surface area (Å²) in [6.07, 6.45) is 35.5. The van der Waals surface area contributed by atoms with Crippen LogP contribution in [0.2, 0.25) is 0 Å². The molecule has 0 N–H and O–H groups in total. The van der Waals surface area contributed by atoms with Gasteiger partial charge in [0.2, 0.25) is 10.4 Å². The van der Waals surface area contributed by atoms with Crippen LogP contribution in [0.5, 0.6) is 0 Å². The number of allylic oxidation sites excluding steroid dienone is 1. The van der Waals surface area contributed by atoms with E-state index in [0.29, 0.717) is 0 Å². The molecule has 1 unspecified atom stereocenters. The Morgan fingerprint density at radius 3 is 1.36 bits per heavy atom. The summed E-state index contributed by atoms with van der Waals surface area (Å²) in [5, 5.41) is 0. The van der Waals surface area contributed by atoms with Crippen LogP contribution in [0.1, 0.15) is 168 Å². The third-order valence-electron chi connectivity index (χ3n) is 6.99. The van der Waals surface area contributed by atoms with Crippen molar-refractivity contribution in [3.8, 4) is 0 Å². The Balaban J connectivity index is 0. The molecule has 0 bridgehead atoms. The zero-order chi connectivity index (χ0) is 25.9. The molecule has 0 fully saturated rings. The van der Waals surface area contributed by atoms with Gasteiger partial charge in [0, 0.05) is 5.92 Å². The summed E-state index contributed by atoms with van der Waals surface area (Å²) in [5.74, 6) is 0.0196. The van der Waals surface area contributed by atoms with Gasteiger partial charge >= 0.3 is 51.4 Å². The molecule has 6 heteroatoms. The fraction of sp³-hybridized carbons (Fsp3) is 0.933. The molecule has 210 valence electrons. The normalized spacial score (nSPS) is 12.8. The van der Waals surface area contributed by atoms with Gasteiger partial charge in [0.05, 0.1) is 6.61 Å². The molecule has 0 saturated carbocycles. The third kappa shape index (κ3) is 33.3. The zero-order valence-electron chi connectivity index (χ0n) is 24.5. The average Bonchev–Trinajstić information content (AvgIpc) is 2.82. The van der Waals surface area contributed by atoms with Crippen LogP contribution in [-0.4, -0.2) is 19.6 Å². The van der Waals surface area contributed by atoms with Crippen LogP contribution in [0.15, 0.2) is 12.2 Å². The van der Waals surface area contributed by atoms with Crippen molar-refractivity contribution in [3.05, 3.63) is 12.2 Å². The van der Waals surface area contributed by atoms with Crippen molar-refractivity contribution in [1.82, 2.24) is 0 Å². The second-order valence-corrected chi connectivity index (χ2v) is 11.6. The quantitative estimate of drug-likeness (QED) is 0.0342. The van der Waals surface area contributed by atoms with E-state index in [9.17, 15) is 13.0 Å². The number of rotatable bonds is 28. The minimum absolute atomic E-state index is 0. The predicted molar refractivity (Wildman–Crippen MR) is 150 cm³/mol. The van der Waals surface area contributed by atoms with Gasteiger partial charge in [0.1, 0.15) is 0 Å². The second-order valence-electron chi connectivity index (χ2n) is 10.5. The van der Waals surface area contributed by atoms with Crippen LogP contribution >= 0.6 is 0 Å². The molecule has 0 aromatic heterocycles. The standard InChI is InChI=1S/C30H60O4S.K/c1-3-5-7-9-10-11-12-13-14-15-16-17-18-19-20-21-22-24-26-28-30(29-34-35(31,32)33)27-25-23-8-6-4-2;/h26,28,30H,3-25,27,29H2,1-2H3,(H,31,32,33);/q;+1/p-1/b28-26+;. The first-order valence-corrected chi connectivity index (χ1v) is 16.6. The van der Waals surface area contributed by atoms with Crippen LogP contribution in [0.3, 0.4) is 0 Å². The van der Waals surface area contributed by atoms with Crippen LogP contribution in [0, 0.1) is 5.92 Å². The fourth-order valence-corrected chi connectivity index (χ4v) is 5.03. The molecule has 0 saturated heterocycles. The number of hydrogen-bond donors (Lipinski definition) is 0. The third-order valence-corrected chi connectivity index (χ3v) is 7.41. The van der Waals surface area contributed by atoms with E-state index in [1.807, 2.05) is 0 Å². The maximum absolute atomic E-state index is 10.8. The maximum Gasteiger partial charge on any atom is 1.00 e. The first kappa shape index (κ1) is 39.4. The van der Waals surface area contributed by atoms with Crippen LogP contribution in [-0.2, 0) is 14.6 Å². The van der Waals surface area contributed by atoms with Crippen LogP contribution in [0.25, 0.3) is 0 Å². The molecule has 0 aliphatic rings. The Labute approximate surface area is 269 Å². The van der Waals surface area contributed by atoms with Gasteiger partial charge in [0.25, 0.3) is 0 Å². The largest absolute Gasteiger partial charge is 1.00 e. The van der Waals surface area contributed by atoms with E-state index in [2.05, 4.69) is 30.2 Å². The molecule has 0 heterocycles. The summed E-state index contributed by atoms with van der Waals surface area (Å²) in [7, 11) is -4.61. The maximum atomic E-state index is 10.8. The van der Waals surface area contributed by atoms with E-state index >= 15 is 0 Å². The van der Waals surface area contributed by atoms with Crippen molar-refractivity contribution in [2.45, 2.75) is 168 Å². The molecule has 0 rings (SSSR count). The van der Waals surface area contributed by atoms with Gasteiger partial charge in [-0.15, -0.1) is 0 Å². The van der Waals surface area contributed by atoms with Gasteiger partial charge in [-0.1, -0.05) is 161 Å². The van der Waals surface area contributed by atoms with Gasteiger partial charge in [0.15, 0.2) is 0 Å². The topological polar surface area (TPSA) is 66.4 Å². The molecular weight excluding hydrogens is 495 g/mol. The monoisotopic (exact) mass is 554 g/mol. The van der Waals surface area contributed by atoms with Crippen molar-refractivity contribution in [3.63, 3.8) is 0 Å². The van der Waals surface area contributed by atoms with Gasteiger partial charge < -0.3 is 4.55 Å². The smallest absolute Gasteiger partial charge is 0.726 e. The Hall–Kier alpha value is 1.25. The number of hydrogen-bond acceptors (Lipinski definition) is 4. The van der Waals surface area contributed by atoms with Gasteiger partial charge in [-0.05, 0) is 19.3 Å². The summed E-state index contributed by atoms with van der Waals surface area (Å²) in [6, 6.07) is 0. The van der Waals surface area contributed by atoms with Crippen LogP contribution < -0.4 is 51.4 Å². The van der Waals surface area contributed by atoms with Crippen molar-refractivity contribution in [1.29, 1.82) is 0 Å². The molecule has 0 amide bonds. The summed E-state index contributed by atoms with van der Waals surface area (Å²) in [6.45, 7) is 4.45. The molecule has 36 heavy (non-hydrogen) atoms. The molecule has 1 atom stereocenters. The molecule has 0 radical (unpaired) electrons. The van der Waals surface area contributed by atoms with Crippen molar-refractivity contribution < 1.29 is 68.5 Å². The van der Waals surface area contributed by atoms with Crippen molar-refractivity contribution in [2.75, 3.05) is 6.61 Å². The molecule has 4 nitrogen and oxygen atoms in total. The van der Waals surface area contributed by atoms with Gasteiger partial charge in [-0.25, -0.2) is 8.42 Å². The van der Waals surface area contributed by atoms with E-state index in [1.165, 1.54) is 128 Å². The van der Waals surface area contributed by atoms with Crippen LogP contribution in [0.4, 0.5) is 0 Å². The molecule has 0 aliphatic heterocycles. The molecule has 0 aromatic rings. The Morgan fingerprint density at radius 1 is 0.611 bits per heavy atom. The first-order valence-electron chi connectivity index (χ1n) is 15.3. The number of unbranched alkanes of at least 4 members (excludes halogenated alkanes) is 21. The van der Waals surface area contributed by atoms with E-state index in [1.54, 1.807) is 0 Å². The minimum atomic E-state index is -4.61. The van der Waals surface area contributed by atoms with Crippen molar-refractivity contribution >= 4 is 10.4 Å². The van der Waals surface area contributed by atoms with Gasteiger partial charge in [-0.3, -0.25) is 4.18 Å². The molecule has 0 aromatic carbocycles. The Bertz CT molecular complexity index is 551. The van der Waals surface area contributed by atoms with Gasteiger partial charge in [-0.2, -0.15) is 0 Å². The summed E-state index contributed by atoms with van der Waals surface area (Å²) in [4.78, 5) is 0. The Morgan fingerprint density at radius 2 is 0.972 bits per heavy atom. The predicted octanol–water partition coefficient (Wildman–Crippen LogP) is 7.04. The summed E-state index contributed by atoms with van der Waals surface area (Å²) < 4.78 is 36.9. The molecule has 0 spiro atoms. The molecular formula is C30H59KO4S. The summed E-state index contributed by atoms with van der Waals surface area (Å²) in [5.41, 5.74) is 0. The SMILES string of the molecule is CCCCCCCCCCCCCCCCCCC/C=C/C(CCCCCCC)COS(=O)(=O)[O-].[K+]. The van der Waals surface area contributed by atoms with E-state index in [4.69, 9.17) is 0 Å². The minimum Gasteiger partial charge on any atom is -0.726 e. The van der Waals surface area contributed by atoms with E-state index < -0.39 is 10.4 Å². The fourth-order valence-electron chi connectivity index (χ4n) is 4.69. The molecule has 0 aliphatic carbocycles. The van der Waals surface area contributed by atoms with E-state index in [-0.39, 0.29) is 63.9 Å². The second kappa shape index (κ2) is 30.8. The Kier molecular flexibility index (Phi) is 33.7. The van der Waals surface area contributed by atoms with E-state index in [0.717, 1.165) is 25.7 Å². The van der Waals surface area contributed by atoms with Crippen molar-refractivity contribution in [2.24, 2.45) is 5.92 Å².